The van der Waals surface area contributed by atoms with Crippen molar-refractivity contribution < 1.29 is 19.2 Å². The third kappa shape index (κ3) is 4.65. The van der Waals surface area contributed by atoms with E-state index in [9.17, 15) is 19.7 Å². The van der Waals surface area contributed by atoms with E-state index in [1.165, 1.54) is 12.1 Å². The van der Waals surface area contributed by atoms with Gasteiger partial charge in [-0.05, 0) is 46.9 Å². The predicted octanol–water partition coefficient (Wildman–Crippen LogP) is 3.65. The number of halogens is 2. The lowest BCUT2D eigenvalue weighted by Gasteiger charge is -2.08. The van der Waals surface area contributed by atoms with E-state index in [4.69, 9.17) is 16.3 Å². The molecule has 0 saturated heterocycles. The van der Waals surface area contributed by atoms with Crippen molar-refractivity contribution in [3.8, 4) is 0 Å². The van der Waals surface area contributed by atoms with Crippen LogP contribution in [-0.2, 0) is 9.53 Å². The summed E-state index contributed by atoms with van der Waals surface area (Å²) < 4.78 is 5.69. The van der Waals surface area contributed by atoms with Gasteiger partial charge < -0.3 is 10.1 Å². The molecule has 7 nitrogen and oxygen atoms in total. The highest BCUT2D eigenvalue weighted by atomic mass is 127. The number of hydrogen-bond donors (Lipinski definition) is 1. The Morgan fingerprint density at radius 3 is 2.62 bits per heavy atom. The number of carbonyl (C=O) groups is 2. The Hall–Kier alpha value is -2.20. The normalized spacial score (nSPS) is 10.1. The molecule has 1 amide bonds. The second-order valence-electron chi connectivity index (χ2n) is 4.53. The molecule has 0 unspecified atom stereocenters. The zero-order chi connectivity index (χ0) is 17.7. The van der Waals surface area contributed by atoms with Crippen LogP contribution in [0.3, 0.4) is 0 Å². The molecule has 9 heteroatoms. The Balaban J connectivity index is 1.98. The number of nitrogens with one attached hydrogen (secondary N) is 1. The molecule has 0 aliphatic rings. The Morgan fingerprint density at radius 1 is 1.25 bits per heavy atom. The fourth-order valence-electron chi connectivity index (χ4n) is 1.74. The van der Waals surface area contributed by atoms with Crippen LogP contribution >= 0.6 is 34.2 Å². The van der Waals surface area contributed by atoms with Gasteiger partial charge in [-0.1, -0.05) is 23.7 Å². The Kier molecular flexibility index (Phi) is 6.10. The number of para-hydroxylation sites is 1. The summed E-state index contributed by atoms with van der Waals surface area (Å²) in [5.41, 5.74) is 0.129. The Bertz CT molecular complexity index is 812. The van der Waals surface area contributed by atoms with Crippen LogP contribution < -0.4 is 5.32 Å². The fourth-order valence-corrected chi connectivity index (χ4v) is 2.45. The average molecular weight is 461 g/mol. The van der Waals surface area contributed by atoms with E-state index < -0.39 is 29.1 Å². The number of esters is 1. The van der Waals surface area contributed by atoms with Crippen molar-refractivity contribution in [2.24, 2.45) is 0 Å². The number of nitrogens with zero attached hydrogens (tertiary/aromatic N) is 1. The summed E-state index contributed by atoms with van der Waals surface area (Å²) in [5.74, 6) is -1.37. The number of ether oxygens (including phenoxy) is 1. The molecule has 0 aliphatic carbocycles. The highest BCUT2D eigenvalue weighted by Gasteiger charge is 2.18. The van der Waals surface area contributed by atoms with E-state index >= 15 is 0 Å². The Labute approximate surface area is 155 Å². The second-order valence-corrected chi connectivity index (χ2v) is 6.10. The molecule has 0 heterocycles. The van der Waals surface area contributed by atoms with E-state index in [0.717, 1.165) is 9.64 Å². The molecule has 0 saturated carbocycles. The van der Waals surface area contributed by atoms with Gasteiger partial charge in [-0.15, -0.1) is 0 Å². The first-order chi connectivity index (χ1) is 11.4. The third-order valence-electron chi connectivity index (χ3n) is 2.86. The molecule has 2 aromatic carbocycles. The molecule has 0 fully saturated rings. The molecule has 0 aliphatic heterocycles. The van der Waals surface area contributed by atoms with Crippen LogP contribution in [0.25, 0.3) is 0 Å². The van der Waals surface area contributed by atoms with Crippen LogP contribution in [0.15, 0.2) is 42.5 Å². The summed E-state index contributed by atoms with van der Waals surface area (Å²) in [6.45, 7) is -0.514. The summed E-state index contributed by atoms with van der Waals surface area (Å²) >= 11 is 7.73. The maximum Gasteiger partial charge on any atom is 0.338 e. The van der Waals surface area contributed by atoms with E-state index in [-0.39, 0.29) is 10.6 Å². The highest BCUT2D eigenvalue weighted by Crippen LogP contribution is 2.25. The van der Waals surface area contributed by atoms with Gasteiger partial charge in [0.25, 0.3) is 11.6 Å². The van der Waals surface area contributed by atoms with Gasteiger partial charge in [0.15, 0.2) is 6.61 Å². The molecule has 0 atom stereocenters. The van der Waals surface area contributed by atoms with Crippen LogP contribution in [0.1, 0.15) is 10.4 Å². The number of nitro benzene ring substituents is 1. The van der Waals surface area contributed by atoms with Crippen molar-refractivity contribution in [2.75, 3.05) is 11.9 Å². The third-order valence-corrected chi connectivity index (χ3v) is 4.12. The molecule has 1 N–H and O–H groups in total. The van der Waals surface area contributed by atoms with Gasteiger partial charge in [0, 0.05) is 9.64 Å². The largest absolute Gasteiger partial charge is 0.452 e. The number of carbonyl (C=O) groups excluding carboxylic acids is 2. The molecule has 124 valence electrons. The lowest BCUT2D eigenvalue weighted by Crippen LogP contribution is -2.21. The van der Waals surface area contributed by atoms with Crippen LogP contribution in [0.2, 0.25) is 5.02 Å². The molecule has 0 radical (unpaired) electrons. The minimum atomic E-state index is -0.854. The molecular formula is C15H10ClIN2O5. The zero-order valence-electron chi connectivity index (χ0n) is 12.0. The van der Waals surface area contributed by atoms with Gasteiger partial charge in [-0.25, -0.2) is 4.79 Å². The molecule has 0 aromatic heterocycles. The number of anilines is 1. The standard InChI is InChI=1S/C15H10ClIN2O5/c16-10-6-5-9(7-13(10)19(22)23)15(21)24-8-14(20)18-12-4-2-1-3-11(12)17/h1-7H,8H2,(H,18,20). The lowest BCUT2D eigenvalue weighted by molar-refractivity contribution is -0.384. The molecule has 2 aromatic rings. The summed E-state index contributed by atoms with van der Waals surface area (Å²) in [6, 6.07) is 10.6. The number of benzene rings is 2. The topological polar surface area (TPSA) is 98.5 Å². The molecule has 0 spiro atoms. The van der Waals surface area contributed by atoms with E-state index in [2.05, 4.69) is 27.9 Å². The van der Waals surface area contributed by atoms with Gasteiger partial charge in [-0.3, -0.25) is 14.9 Å². The van der Waals surface area contributed by atoms with Crippen molar-refractivity contribution in [3.63, 3.8) is 0 Å². The maximum atomic E-state index is 11.9. The SMILES string of the molecule is O=C(COC(=O)c1ccc(Cl)c([N+](=O)[O-])c1)Nc1ccccc1I. The quantitative estimate of drug-likeness (QED) is 0.318. The first-order valence-electron chi connectivity index (χ1n) is 6.54. The van der Waals surface area contributed by atoms with Gasteiger partial charge in [0.05, 0.1) is 16.2 Å². The first kappa shape index (κ1) is 18.1. The van der Waals surface area contributed by atoms with Crippen LogP contribution in [0.4, 0.5) is 11.4 Å². The number of nitro groups is 1. The highest BCUT2D eigenvalue weighted by molar-refractivity contribution is 14.1. The summed E-state index contributed by atoms with van der Waals surface area (Å²) in [5, 5.41) is 13.3. The van der Waals surface area contributed by atoms with E-state index in [0.29, 0.717) is 5.69 Å². The average Bonchev–Trinajstić information content (AvgIpc) is 2.55. The van der Waals surface area contributed by atoms with Crippen molar-refractivity contribution in [3.05, 3.63) is 66.7 Å². The smallest absolute Gasteiger partial charge is 0.338 e. The van der Waals surface area contributed by atoms with Crippen molar-refractivity contribution in [2.45, 2.75) is 0 Å². The predicted molar refractivity (Wildman–Crippen MR) is 96.2 cm³/mol. The number of hydrogen-bond acceptors (Lipinski definition) is 5. The number of amides is 1. The minimum Gasteiger partial charge on any atom is -0.452 e. The van der Waals surface area contributed by atoms with Crippen molar-refractivity contribution in [1.29, 1.82) is 0 Å². The van der Waals surface area contributed by atoms with Crippen LogP contribution in [0, 0.1) is 13.7 Å². The second kappa shape index (κ2) is 8.06. The fraction of sp³-hybridized carbons (Fsp3) is 0.0667. The maximum absolute atomic E-state index is 11.9. The van der Waals surface area contributed by atoms with E-state index in [1.54, 1.807) is 12.1 Å². The molecule has 24 heavy (non-hydrogen) atoms. The van der Waals surface area contributed by atoms with Gasteiger partial charge >= 0.3 is 5.97 Å². The van der Waals surface area contributed by atoms with Gasteiger partial charge in [-0.2, -0.15) is 0 Å². The van der Waals surface area contributed by atoms with E-state index in [1.807, 2.05) is 12.1 Å². The lowest BCUT2D eigenvalue weighted by atomic mass is 10.2. The minimum absolute atomic E-state index is 0.0619. The zero-order valence-corrected chi connectivity index (χ0v) is 14.9. The number of rotatable bonds is 5. The molecular weight excluding hydrogens is 451 g/mol. The Morgan fingerprint density at radius 2 is 1.96 bits per heavy atom. The monoisotopic (exact) mass is 460 g/mol. The van der Waals surface area contributed by atoms with Crippen molar-refractivity contribution >= 4 is 57.4 Å². The first-order valence-corrected chi connectivity index (χ1v) is 7.99. The van der Waals surface area contributed by atoms with Crippen molar-refractivity contribution in [1.82, 2.24) is 0 Å². The summed E-state index contributed by atoms with van der Waals surface area (Å²) in [7, 11) is 0. The molecule has 2 rings (SSSR count). The van der Waals surface area contributed by atoms with Crippen LogP contribution in [-0.4, -0.2) is 23.4 Å². The van der Waals surface area contributed by atoms with Gasteiger partial charge in [0.2, 0.25) is 0 Å². The van der Waals surface area contributed by atoms with Gasteiger partial charge in [0.1, 0.15) is 5.02 Å². The summed E-state index contributed by atoms with van der Waals surface area (Å²) in [6.07, 6.45) is 0. The van der Waals surface area contributed by atoms with Crippen LogP contribution in [0.5, 0.6) is 0 Å². The summed E-state index contributed by atoms with van der Waals surface area (Å²) in [4.78, 5) is 33.8. The molecule has 0 bridgehead atoms.